The lowest BCUT2D eigenvalue weighted by molar-refractivity contribution is -0.145. The zero-order chi connectivity index (χ0) is 21.9. The number of benzene rings is 1. The fourth-order valence-corrected chi connectivity index (χ4v) is 5.20. The monoisotopic (exact) mass is 440 g/mol. The van der Waals surface area contributed by atoms with Crippen molar-refractivity contribution in [2.75, 3.05) is 19.7 Å². The Morgan fingerprint density at radius 3 is 2.68 bits per heavy atom. The van der Waals surface area contributed by atoms with E-state index in [1.165, 1.54) is 6.20 Å². The third-order valence-electron chi connectivity index (χ3n) is 6.66. The van der Waals surface area contributed by atoms with Gasteiger partial charge in [-0.3, -0.25) is 4.90 Å². The first-order valence-electron chi connectivity index (χ1n) is 10.2. The van der Waals surface area contributed by atoms with Gasteiger partial charge in [-0.05, 0) is 42.5 Å². The molecule has 0 spiro atoms. The molecule has 1 aromatic heterocycles. The minimum Gasteiger partial charge on any atom is -0.370 e. The highest BCUT2D eigenvalue weighted by Gasteiger charge is 2.46. The molecule has 166 valence electrons. The van der Waals surface area contributed by atoms with Crippen LogP contribution in [0, 0.1) is 17.6 Å². The Balaban J connectivity index is 1.27. The molecule has 0 amide bonds. The first-order chi connectivity index (χ1) is 14.7. The topological polar surface area (TPSA) is 64.3 Å². The second-order valence-corrected chi connectivity index (χ2v) is 8.59. The van der Waals surface area contributed by atoms with Crippen LogP contribution in [0.4, 0.5) is 22.0 Å². The molecule has 5 rings (SSSR count). The molecule has 2 fully saturated rings. The quantitative estimate of drug-likeness (QED) is 0.727. The van der Waals surface area contributed by atoms with E-state index in [9.17, 15) is 22.0 Å². The van der Waals surface area contributed by atoms with Gasteiger partial charge in [0, 0.05) is 48.5 Å². The van der Waals surface area contributed by atoms with E-state index in [-0.39, 0.29) is 23.4 Å². The molecule has 0 bridgehead atoms. The van der Waals surface area contributed by atoms with Gasteiger partial charge in [0.15, 0.2) is 0 Å². The first kappa shape index (κ1) is 20.7. The molecule has 10 heteroatoms. The van der Waals surface area contributed by atoms with Crippen LogP contribution in [0.1, 0.15) is 41.1 Å². The molecule has 31 heavy (non-hydrogen) atoms. The molecule has 1 aromatic carbocycles. The predicted octanol–water partition coefficient (Wildman–Crippen LogP) is 3.20. The zero-order valence-corrected chi connectivity index (χ0v) is 16.4. The molecule has 2 aliphatic heterocycles. The fraction of sp³-hybridized carbons (Fsp3) is 0.524. The standard InChI is InChI=1S/C21H21F5N4O/c22-11-1-2-16(23)13(4-11)19-17(27)5-12(9-31-19)30-7-10-3-18-14(15(10)8-30)6-28-20(29-18)21(24,25)26/h1-2,4,6,10,12,15,17,19H,3,5,7-9,27H2/t10?,12-,15?,17+,19-/m1/s1. The molecule has 0 radical (unpaired) electrons. The fourth-order valence-electron chi connectivity index (χ4n) is 5.20. The molecule has 3 aliphatic rings. The third kappa shape index (κ3) is 3.70. The molecule has 5 nitrogen and oxygen atoms in total. The summed E-state index contributed by atoms with van der Waals surface area (Å²) in [4.78, 5) is 9.51. The van der Waals surface area contributed by atoms with E-state index in [1.807, 2.05) is 0 Å². The summed E-state index contributed by atoms with van der Waals surface area (Å²) in [7, 11) is 0. The van der Waals surface area contributed by atoms with Crippen LogP contribution in [0.15, 0.2) is 24.4 Å². The number of ether oxygens (including phenoxy) is 1. The Morgan fingerprint density at radius 1 is 1.13 bits per heavy atom. The minimum absolute atomic E-state index is 0.00675. The summed E-state index contributed by atoms with van der Waals surface area (Å²) >= 11 is 0. The number of likely N-dealkylation sites (tertiary alicyclic amines) is 1. The number of hydrogen-bond acceptors (Lipinski definition) is 5. The highest BCUT2D eigenvalue weighted by Crippen LogP contribution is 2.44. The molecule has 2 saturated heterocycles. The molecule has 5 atom stereocenters. The van der Waals surface area contributed by atoms with Crippen molar-refractivity contribution in [1.82, 2.24) is 14.9 Å². The number of rotatable bonds is 2. The zero-order valence-electron chi connectivity index (χ0n) is 16.4. The largest absolute Gasteiger partial charge is 0.451 e. The number of nitrogens with zero attached hydrogens (tertiary/aromatic N) is 3. The van der Waals surface area contributed by atoms with Crippen LogP contribution in [-0.4, -0.2) is 46.6 Å². The van der Waals surface area contributed by atoms with Crippen LogP contribution in [0.3, 0.4) is 0 Å². The minimum atomic E-state index is -4.55. The lowest BCUT2D eigenvalue weighted by Gasteiger charge is -2.39. The van der Waals surface area contributed by atoms with E-state index < -0.39 is 35.8 Å². The van der Waals surface area contributed by atoms with Crippen molar-refractivity contribution >= 4 is 0 Å². The van der Waals surface area contributed by atoms with E-state index in [1.54, 1.807) is 0 Å². The number of fused-ring (bicyclic) bond motifs is 3. The molecule has 3 heterocycles. The van der Waals surface area contributed by atoms with Gasteiger partial charge in [0.2, 0.25) is 5.82 Å². The Hall–Kier alpha value is -2.17. The van der Waals surface area contributed by atoms with Gasteiger partial charge in [-0.2, -0.15) is 13.2 Å². The Bertz CT molecular complexity index is 1000. The molecular weight excluding hydrogens is 419 g/mol. The van der Waals surface area contributed by atoms with Gasteiger partial charge in [-0.15, -0.1) is 0 Å². The second-order valence-electron chi connectivity index (χ2n) is 8.59. The molecule has 1 aliphatic carbocycles. The lowest BCUT2D eigenvalue weighted by Crippen LogP contribution is -2.49. The number of nitrogens with two attached hydrogens (primary N) is 1. The van der Waals surface area contributed by atoms with Crippen molar-refractivity contribution in [2.45, 2.75) is 43.1 Å². The maximum atomic E-state index is 14.1. The lowest BCUT2D eigenvalue weighted by atomic mass is 9.93. The van der Waals surface area contributed by atoms with Crippen molar-refractivity contribution < 1.29 is 26.7 Å². The van der Waals surface area contributed by atoms with Crippen LogP contribution in [0.5, 0.6) is 0 Å². The maximum absolute atomic E-state index is 14.1. The average Bonchev–Trinajstić information content (AvgIpc) is 3.27. The third-order valence-corrected chi connectivity index (χ3v) is 6.66. The Labute approximate surface area is 175 Å². The van der Waals surface area contributed by atoms with E-state index in [2.05, 4.69) is 14.9 Å². The summed E-state index contributed by atoms with van der Waals surface area (Å²) in [6, 6.07) is 2.75. The van der Waals surface area contributed by atoms with Gasteiger partial charge in [0.25, 0.3) is 0 Å². The van der Waals surface area contributed by atoms with Crippen LogP contribution in [0.2, 0.25) is 0 Å². The van der Waals surface area contributed by atoms with E-state index >= 15 is 0 Å². The van der Waals surface area contributed by atoms with Gasteiger partial charge in [-0.1, -0.05) is 0 Å². The summed E-state index contributed by atoms with van der Waals surface area (Å²) in [5, 5.41) is 0. The molecule has 0 saturated carbocycles. The number of halogens is 5. The van der Waals surface area contributed by atoms with E-state index in [0.717, 1.165) is 23.8 Å². The maximum Gasteiger partial charge on any atom is 0.451 e. The van der Waals surface area contributed by atoms with Gasteiger partial charge in [0.1, 0.15) is 17.7 Å². The predicted molar refractivity (Wildman–Crippen MR) is 100.0 cm³/mol. The number of alkyl halides is 3. The smallest absolute Gasteiger partial charge is 0.370 e. The van der Waals surface area contributed by atoms with Crippen molar-refractivity contribution in [3.8, 4) is 0 Å². The summed E-state index contributed by atoms with van der Waals surface area (Å²) in [5.74, 6) is -1.94. The number of hydrogen-bond donors (Lipinski definition) is 1. The molecule has 2 unspecified atom stereocenters. The number of aromatic nitrogens is 2. The van der Waals surface area contributed by atoms with Gasteiger partial charge in [-0.25, -0.2) is 18.7 Å². The van der Waals surface area contributed by atoms with Crippen LogP contribution >= 0.6 is 0 Å². The first-order valence-corrected chi connectivity index (χ1v) is 10.2. The van der Waals surface area contributed by atoms with Crippen molar-refractivity contribution in [3.05, 3.63) is 58.7 Å². The van der Waals surface area contributed by atoms with Gasteiger partial charge < -0.3 is 10.5 Å². The highest BCUT2D eigenvalue weighted by atomic mass is 19.4. The second kappa shape index (κ2) is 7.46. The van der Waals surface area contributed by atoms with Crippen LogP contribution in [-0.2, 0) is 17.3 Å². The Morgan fingerprint density at radius 2 is 1.94 bits per heavy atom. The molecule has 2 aromatic rings. The normalized spacial score (nSPS) is 31.0. The average molecular weight is 440 g/mol. The molecular formula is C21H21F5N4O. The SMILES string of the molecule is N[C@H]1C[C@@H](N2CC3Cc4nc(C(F)(F)F)ncc4C3C2)CO[C@@H]1c1cc(F)ccc1F. The van der Waals surface area contributed by atoms with E-state index in [0.29, 0.717) is 38.2 Å². The van der Waals surface area contributed by atoms with Gasteiger partial charge >= 0.3 is 6.18 Å². The Kier molecular flexibility index (Phi) is 4.98. The van der Waals surface area contributed by atoms with E-state index in [4.69, 9.17) is 10.5 Å². The van der Waals surface area contributed by atoms with Gasteiger partial charge in [0.05, 0.1) is 6.61 Å². The highest BCUT2D eigenvalue weighted by molar-refractivity contribution is 5.32. The summed E-state index contributed by atoms with van der Waals surface area (Å²) < 4.78 is 72.2. The van der Waals surface area contributed by atoms with Crippen molar-refractivity contribution in [3.63, 3.8) is 0 Å². The molecule has 2 N–H and O–H groups in total. The summed E-state index contributed by atoms with van der Waals surface area (Å²) in [5.41, 5.74) is 7.65. The van der Waals surface area contributed by atoms with Crippen LogP contribution < -0.4 is 5.73 Å². The summed E-state index contributed by atoms with van der Waals surface area (Å²) in [6.45, 7) is 1.68. The summed E-state index contributed by atoms with van der Waals surface area (Å²) in [6.07, 6.45) is -2.92. The van der Waals surface area contributed by atoms with Crippen LogP contribution in [0.25, 0.3) is 0 Å². The van der Waals surface area contributed by atoms with Crippen molar-refractivity contribution in [2.24, 2.45) is 11.7 Å². The van der Waals surface area contributed by atoms with Crippen molar-refractivity contribution in [1.29, 1.82) is 0 Å².